The monoisotopic (exact) mass is 490 g/mol. The Morgan fingerprint density at radius 1 is 1.06 bits per heavy atom. The van der Waals surface area contributed by atoms with E-state index < -0.39 is 10.0 Å². The van der Waals surface area contributed by atoms with Crippen LogP contribution in [-0.4, -0.2) is 50.2 Å². The second kappa shape index (κ2) is 8.98. The van der Waals surface area contributed by atoms with Gasteiger partial charge >= 0.3 is 0 Å². The molecule has 3 heterocycles. The van der Waals surface area contributed by atoms with Crippen molar-refractivity contribution in [3.63, 3.8) is 0 Å². The number of aromatic amines is 1. The smallest absolute Gasteiger partial charge is 0.252 e. The molecule has 1 saturated heterocycles. The number of hydrogen-bond acceptors (Lipinski definition) is 6. The highest BCUT2D eigenvalue weighted by Gasteiger charge is 2.31. The number of aromatic nitrogens is 1. The molecule has 0 aliphatic carbocycles. The predicted octanol–water partition coefficient (Wildman–Crippen LogP) is 3.32. The Labute approximate surface area is 196 Å². The highest BCUT2D eigenvalue weighted by molar-refractivity contribution is 7.89. The minimum absolute atomic E-state index is 0.00139. The van der Waals surface area contributed by atoms with Gasteiger partial charge in [-0.25, -0.2) is 8.42 Å². The van der Waals surface area contributed by atoms with E-state index in [4.69, 9.17) is 25.8 Å². The lowest BCUT2D eigenvalue weighted by Crippen LogP contribution is -2.38. The number of halogens is 1. The molecule has 0 unspecified atom stereocenters. The van der Waals surface area contributed by atoms with Crippen molar-refractivity contribution in [1.82, 2.24) is 9.29 Å². The zero-order valence-electron chi connectivity index (χ0n) is 17.8. The fourth-order valence-electron chi connectivity index (χ4n) is 4.15. The van der Waals surface area contributed by atoms with E-state index in [1.54, 1.807) is 30.3 Å². The Morgan fingerprint density at radius 3 is 2.55 bits per heavy atom. The minimum atomic E-state index is -3.98. The van der Waals surface area contributed by atoms with E-state index in [1.165, 1.54) is 16.4 Å². The molecule has 0 spiro atoms. The molecule has 5 rings (SSSR count). The normalized spacial score (nSPS) is 18.2. The minimum Gasteiger partial charge on any atom is -0.486 e. The Kier molecular flexibility index (Phi) is 6.05. The maximum atomic E-state index is 13.5. The summed E-state index contributed by atoms with van der Waals surface area (Å²) in [6, 6.07) is 11.5. The van der Waals surface area contributed by atoms with E-state index in [0.717, 1.165) is 18.2 Å². The molecule has 0 amide bonds. The van der Waals surface area contributed by atoms with Crippen LogP contribution in [0.4, 0.5) is 0 Å². The Bertz CT molecular complexity index is 1350. The van der Waals surface area contributed by atoms with Crippen molar-refractivity contribution in [3.05, 3.63) is 63.4 Å². The van der Waals surface area contributed by atoms with Crippen LogP contribution in [-0.2, 0) is 21.3 Å². The van der Waals surface area contributed by atoms with Crippen molar-refractivity contribution in [2.24, 2.45) is 0 Å². The van der Waals surface area contributed by atoms with Crippen LogP contribution in [0, 0.1) is 0 Å². The molecule has 1 fully saturated rings. The summed E-state index contributed by atoms with van der Waals surface area (Å²) in [5, 5.41) is 0.854. The van der Waals surface area contributed by atoms with Gasteiger partial charge in [-0.15, -0.1) is 0 Å². The van der Waals surface area contributed by atoms with Crippen LogP contribution in [0.5, 0.6) is 11.5 Å². The SMILES string of the molecule is O=c1[nH]c2cc3c(cc2cc1CN(C[C@H]1CCCO1)S(=O)(=O)c1ccccc1Cl)OCCO3. The molecular weight excluding hydrogens is 468 g/mol. The van der Waals surface area contributed by atoms with Crippen LogP contribution in [0.25, 0.3) is 10.9 Å². The number of pyridine rings is 1. The number of benzene rings is 2. The standard InChI is InChI=1S/C23H23ClN2O6S/c24-18-5-1-2-6-22(18)33(28,29)26(14-17-4-3-7-30-17)13-16-10-15-11-20-21(32-9-8-31-20)12-19(15)25-23(16)27/h1-2,5-6,10-12,17H,3-4,7-9,13-14H2,(H,25,27)/t17-/m1/s1. The summed E-state index contributed by atoms with van der Waals surface area (Å²) in [7, 11) is -3.98. The van der Waals surface area contributed by atoms with E-state index in [2.05, 4.69) is 4.98 Å². The predicted molar refractivity (Wildman–Crippen MR) is 124 cm³/mol. The van der Waals surface area contributed by atoms with Crippen molar-refractivity contribution in [2.45, 2.75) is 30.4 Å². The molecule has 2 aliphatic rings. The molecular formula is C23H23ClN2O6S. The molecule has 2 aliphatic heterocycles. The summed E-state index contributed by atoms with van der Waals surface area (Å²) in [5.41, 5.74) is 0.534. The fourth-order valence-corrected chi connectivity index (χ4v) is 6.09. The summed E-state index contributed by atoms with van der Waals surface area (Å²) < 4.78 is 45.3. The number of sulfonamides is 1. The van der Waals surface area contributed by atoms with Gasteiger partial charge in [0.25, 0.3) is 5.56 Å². The highest BCUT2D eigenvalue weighted by atomic mass is 35.5. The van der Waals surface area contributed by atoms with Crippen molar-refractivity contribution in [3.8, 4) is 11.5 Å². The number of hydrogen-bond donors (Lipinski definition) is 1. The Hall–Kier alpha value is -2.59. The lowest BCUT2D eigenvalue weighted by atomic mass is 10.1. The first-order valence-electron chi connectivity index (χ1n) is 10.7. The van der Waals surface area contributed by atoms with Crippen LogP contribution in [0.1, 0.15) is 18.4 Å². The van der Waals surface area contributed by atoms with E-state index >= 15 is 0 Å². The summed E-state index contributed by atoms with van der Waals surface area (Å²) in [5.74, 6) is 1.16. The summed E-state index contributed by atoms with van der Waals surface area (Å²) in [4.78, 5) is 15.7. The van der Waals surface area contributed by atoms with Crippen molar-refractivity contribution < 1.29 is 22.6 Å². The van der Waals surface area contributed by atoms with Gasteiger partial charge in [0.2, 0.25) is 10.0 Å². The van der Waals surface area contributed by atoms with E-state index in [0.29, 0.717) is 42.4 Å². The number of H-pyrrole nitrogens is 1. The zero-order chi connectivity index (χ0) is 23.0. The van der Waals surface area contributed by atoms with Crippen molar-refractivity contribution in [2.75, 3.05) is 26.4 Å². The lowest BCUT2D eigenvalue weighted by Gasteiger charge is -2.25. The lowest BCUT2D eigenvalue weighted by molar-refractivity contribution is 0.0925. The van der Waals surface area contributed by atoms with Gasteiger partial charge in [0.15, 0.2) is 11.5 Å². The van der Waals surface area contributed by atoms with Gasteiger partial charge in [-0.1, -0.05) is 23.7 Å². The molecule has 0 saturated carbocycles. The van der Waals surface area contributed by atoms with Gasteiger partial charge in [0.05, 0.1) is 16.6 Å². The molecule has 1 atom stereocenters. The van der Waals surface area contributed by atoms with Crippen LogP contribution < -0.4 is 15.0 Å². The van der Waals surface area contributed by atoms with E-state index in [-0.39, 0.29) is 34.7 Å². The number of rotatable bonds is 6. The van der Waals surface area contributed by atoms with Crippen LogP contribution >= 0.6 is 11.6 Å². The molecule has 174 valence electrons. The van der Waals surface area contributed by atoms with Gasteiger partial charge in [-0.2, -0.15) is 4.31 Å². The number of nitrogens with one attached hydrogen (secondary N) is 1. The first-order chi connectivity index (χ1) is 15.9. The molecule has 0 radical (unpaired) electrons. The molecule has 33 heavy (non-hydrogen) atoms. The summed E-state index contributed by atoms with van der Waals surface area (Å²) >= 11 is 6.22. The highest BCUT2D eigenvalue weighted by Crippen LogP contribution is 2.34. The second-order valence-electron chi connectivity index (χ2n) is 8.07. The number of fused-ring (bicyclic) bond motifs is 2. The number of nitrogens with zero attached hydrogens (tertiary/aromatic N) is 1. The zero-order valence-corrected chi connectivity index (χ0v) is 19.3. The maximum absolute atomic E-state index is 13.5. The first-order valence-corrected chi connectivity index (χ1v) is 12.6. The molecule has 1 aromatic heterocycles. The van der Waals surface area contributed by atoms with E-state index in [1.807, 2.05) is 0 Å². The van der Waals surface area contributed by atoms with Gasteiger partial charge < -0.3 is 19.2 Å². The van der Waals surface area contributed by atoms with Gasteiger partial charge in [-0.3, -0.25) is 4.79 Å². The molecule has 3 aromatic rings. The average molecular weight is 491 g/mol. The summed E-state index contributed by atoms with van der Waals surface area (Å²) in [6.45, 7) is 1.49. The van der Waals surface area contributed by atoms with Crippen molar-refractivity contribution in [1.29, 1.82) is 0 Å². The maximum Gasteiger partial charge on any atom is 0.252 e. The van der Waals surface area contributed by atoms with Gasteiger partial charge in [0.1, 0.15) is 18.1 Å². The van der Waals surface area contributed by atoms with Crippen LogP contribution in [0.2, 0.25) is 5.02 Å². The Morgan fingerprint density at radius 2 is 1.82 bits per heavy atom. The average Bonchev–Trinajstić information content (AvgIpc) is 3.31. The molecule has 8 nitrogen and oxygen atoms in total. The van der Waals surface area contributed by atoms with Gasteiger partial charge in [-0.05, 0) is 37.1 Å². The largest absolute Gasteiger partial charge is 0.486 e. The topological polar surface area (TPSA) is 97.9 Å². The second-order valence-corrected chi connectivity index (χ2v) is 10.4. The third kappa shape index (κ3) is 4.46. The molecule has 2 aromatic carbocycles. The summed E-state index contributed by atoms with van der Waals surface area (Å²) in [6.07, 6.45) is 1.39. The van der Waals surface area contributed by atoms with Crippen LogP contribution in [0.3, 0.4) is 0 Å². The Balaban J connectivity index is 1.54. The molecule has 1 N–H and O–H groups in total. The number of ether oxygens (including phenoxy) is 3. The molecule has 10 heteroatoms. The molecule has 0 bridgehead atoms. The van der Waals surface area contributed by atoms with Crippen LogP contribution in [0.15, 0.2) is 52.2 Å². The quantitative estimate of drug-likeness (QED) is 0.569. The fraction of sp³-hybridized carbons (Fsp3) is 0.348. The van der Waals surface area contributed by atoms with Gasteiger partial charge in [0, 0.05) is 36.7 Å². The van der Waals surface area contributed by atoms with Crippen molar-refractivity contribution >= 4 is 32.5 Å². The first kappa shape index (κ1) is 22.2. The van der Waals surface area contributed by atoms with E-state index in [9.17, 15) is 13.2 Å². The third-order valence-corrected chi connectivity index (χ3v) is 8.13. The third-order valence-electron chi connectivity index (χ3n) is 5.82.